The smallest absolute Gasteiger partial charge is 0.245 e. The molecule has 1 saturated heterocycles. The van der Waals surface area contributed by atoms with E-state index in [0.717, 1.165) is 42.6 Å². The zero-order valence-corrected chi connectivity index (χ0v) is 20.3. The molecule has 0 amide bonds. The maximum Gasteiger partial charge on any atom is 0.245 e. The van der Waals surface area contributed by atoms with Crippen LogP contribution < -0.4 is 4.90 Å². The molecule has 0 N–H and O–H groups in total. The number of piperazine rings is 1. The number of hydrogen-bond donors (Lipinski definition) is 0. The molecule has 3 aromatic heterocycles. The molecule has 1 aliphatic carbocycles. The normalized spacial score (nSPS) is 17.9. The van der Waals surface area contributed by atoms with Crippen molar-refractivity contribution in [3.63, 3.8) is 0 Å². The van der Waals surface area contributed by atoms with Gasteiger partial charge in [0.1, 0.15) is 5.82 Å². The Kier molecular flexibility index (Phi) is 5.19. The van der Waals surface area contributed by atoms with Crippen molar-refractivity contribution in [2.24, 2.45) is 0 Å². The number of rotatable bonds is 6. The van der Waals surface area contributed by atoms with Gasteiger partial charge in [0.05, 0.1) is 34.2 Å². The van der Waals surface area contributed by atoms with E-state index in [1.54, 1.807) is 39.6 Å². The molecule has 4 aromatic rings. The highest BCUT2D eigenvalue weighted by atomic mass is 32.2. The molecule has 4 heterocycles. The summed E-state index contributed by atoms with van der Waals surface area (Å²) in [6.45, 7) is 4.56. The van der Waals surface area contributed by atoms with Gasteiger partial charge in [-0.2, -0.15) is 9.40 Å². The van der Waals surface area contributed by atoms with Crippen LogP contribution in [0, 0.1) is 5.82 Å². The second-order valence-electron chi connectivity index (χ2n) is 9.45. The number of halogens is 1. The van der Waals surface area contributed by atoms with Gasteiger partial charge in [-0.05, 0) is 55.7 Å². The molecule has 1 aliphatic heterocycles. The predicted octanol–water partition coefficient (Wildman–Crippen LogP) is 3.81. The standard InChI is InChI=1S/C25H27FN6O2S/c1-2-10-29-11-7-23(17-29)35(33,34)31-13-12-30(18-25(31)8-9-25)22-14-19-15-28-32(24(19)27-16-22)21-5-3-20(26)4-6-21/h3-7,11,14-17H,2,8-10,12-13,18H2,1H3. The molecule has 2 aliphatic rings. The van der Waals surface area contributed by atoms with Crippen molar-refractivity contribution >= 4 is 26.7 Å². The lowest BCUT2D eigenvalue weighted by molar-refractivity contribution is 0.271. The van der Waals surface area contributed by atoms with Gasteiger partial charge in [-0.3, -0.25) is 0 Å². The molecule has 10 heteroatoms. The van der Waals surface area contributed by atoms with Crippen molar-refractivity contribution in [2.75, 3.05) is 24.5 Å². The Morgan fingerprint density at radius 3 is 2.60 bits per heavy atom. The van der Waals surface area contributed by atoms with Crippen LogP contribution in [0.5, 0.6) is 0 Å². The van der Waals surface area contributed by atoms with Crippen LogP contribution in [0.3, 0.4) is 0 Å². The zero-order chi connectivity index (χ0) is 24.2. The highest BCUT2D eigenvalue weighted by Gasteiger charge is 2.56. The van der Waals surface area contributed by atoms with E-state index in [1.165, 1.54) is 12.1 Å². The third-order valence-corrected chi connectivity index (χ3v) is 9.02. The van der Waals surface area contributed by atoms with Gasteiger partial charge in [0, 0.05) is 44.0 Å². The summed E-state index contributed by atoms with van der Waals surface area (Å²) in [6, 6.07) is 9.90. The lowest BCUT2D eigenvalue weighted by Crippen LogP contribution is -2.57. The molecule has 6 rings (SSSR count). The number of fused-ring (bicyclic) bond motifs is 1. The summed E-state index contributed by atoms with van der Waals surface area (Å²) >= 11 is 0. The predicted molar refractivity (Wildman–Crippen MR) is 132 cm³/mol. The van der Waals surface area contributed by atoms with Gasteiger partial charge in [-0.15, -0.1) is 0 Å². The van der Waals surface area contributed by atoms with Crippen LogP contribution in [0.25, 0.3) is 16.7 Å². The third kappa shape index (κ3) is 3.81. The SMILES string of the molecule is CCCn1ccc(S(=O)(=O)N2CCN(c3cnc4c(cnn4-c4ccc(F)cc4)c3)CC23CC3)c1. The Bertz CT molecular complexity index is 1490. The minimum atomic E-state index is -3.55. The van der Waals surface area contributed by atoms with Crippen molar-refractivity contribution in [3.05, 3.63) is 67.0 Å². The van der Waals surface area contributed by atoms with E-state index < -0.39 is 10.0 Å². The van der Waals surface area contributed by atoms with Crippen molar-refractivity contribution in [1.29, 1.82) is 0 Å². The van der Waals surface area contributed by atoms with E-state index in [-0.39, 0.29) is 11.4 Å². The molecule has 1 spiro atoms. The fourth-order valence-electron chi connectivity index (χ4n) is 5.06. The maximum absolute atomic E-state index is 13.5. The molecule has 0 unspecified atom stereocenters. The van der Waals surface area contributed by atoms with Crippen LogP contribution in [0.1, 0.15) is 26.2 Å². The van der Waals surface area contributed by atoms with E-state index >= 15 is 0 Å². The number of sulfonamides is 1. The van der Waals surface area contributed by atoms with Crippen LogP contribution in [0.4, 0.5) is 10.1 Å². The van der Waals surface area contributed by atoms with Gasteiger partial charge in [0.25, 0.3) is 0 Å². The van der Waals surface area contributed by atoms with Gasteiger partial charge in [-0.25, -0.2) is 22.5 Å². The van der Waals surface area contributed by atoms with Crippen LogP contribution in [0.2, 0.25) is 0 Å². The molecule has 8 nitrogen and oxygen atoms in total. The summed E-state index contributed by atoms with van der Waals surface area (Å²) in [5.41, 5.74) is 2.02. The first-order chi connectivity index (χ1) is 16.9. The summed E-state index contributed by atoms with van der Waals surface area (Å²) in [5, 5.41) is 5.32. The average Bonchev–Trinajstić information content (AvgIpc) is 3.25. The van der Waals surface area contributed by atoms with E-state index in [4.69, 9.17) is 0 Å². The number of nitrogens with zero attached hydrogens (tertiary/aromatic N) is 6. The molecule has 0 atom stereocenters. The van der Waals surface area contributed by atoms with Crippen molar-refractivity contribution in [1.82, 2.24) is 23.6 Å². The Morgan fingerprint density at radius 2 is 1.86 bits per heavy atom. The number of hydrogen-bond acceptors (Lipinski definition) is 5. The highest BCUT2D eigenvalue weighted by Crippen LogP contribution is 2.47. The number of pyridine rings is 1. The number of anilines is 1. The van der Waals surface area contributed by atoms with Gasteiger partial charge >= 0.3 is 0 Å². The van der Waals surface area contributed by atoms with E-state index in [1.807, 2.05) is 23.0 Å². The second-order valence-corrected chi connectivity index (χ2v) is 11.3. The Hall–Kier alpha value is -3.24. The fraction of sp³-hybridized carbons (Fsp3) is 0.360. The average molecular weight is 495 g/mol. The van der Waals surface area contributed by atoms with Crippen molar-refractivity contribution in [2.45, 2.75) is 43.2 Å². The third-order valence-electron chi connectivity index (χ3n) is 7.04. The topological polar surface area (TPSA) is 76.3 Å². The number of aromatic nitrogens is 4. The summed E-state index contributed by atoms with van der Waals surface area (Å²) in [6.07, 6.45) is 9.83. The van der Waals surface area contributed by atoms with Crippen LogP contribution in [-0.2, 0) is 16.6 Å². The fourth-order valence-corrected chi connectivity index (χ4v) is 6.89. The maximum atomic E-state index is 13.5. The molecule has 182 valence electrons. The molecular weight excluding hydrogens is 467 g/mol. The summed E-state index contributed by atoms with van der Waals surface area (Å²) in [5.74, 6) is -0.297. The van der Waals surface area contributed by atoms with Crippen LogP contribution in [0.15, 0.2) is 66.1 Å². The monoisotopic (exact) mass is 494 g/mol. The van der Waals surface area contributed by atoms with Crippen molar-refractivity contribution in [3.8, 4) is 5.69 Å². The van der Waals surface area contributed by atoms with E-state index in [9.17, 15) is 12.8 Å². The lowest BCUT2D eigenvalue weighted by Gasteiger charge is -2.42. The lowest BCUT2D eigenvalue weighted by atomic mass is 10.1. The highest BCUT2D eigenvalue weighted by molar-refractivity contribution is 7.89. The minimum absolute atomic E-state index is 0.297. The first-order valence-electron chi connectivity index (χ1n) is 11.9. The molecule has 1 saturated carbocycles. The van der Waals surface area contributed by atoms with E-state index in [0.29, 0.717) is 30.2 Å². The largest absolute Gasteiger partial charge is 0.367 e. The molecular formula is C25H27FN6O2S. The second kappa shape index (κ2) is 8.17. The summed E-state index contributed by atoms with van der Waals surface area (Å²) in [7, 11) is -3.55. The Balaban J connectivity index is 1.24. The Morgan fingerprint density at radius 1 is 1.06 bits per heavy atom. The Labute approximate surface area is 203 Å². The summed E-state index contributed by atoms with van der Waals surface area (Å²) < 4.78 is 45.6. The number of benzene rings is 1. The molecule has 35 heavy (non-hydrogen) atoms. The zero-order valence-electron chi connectivity index (χ0n) is 19.5. The van der Waals surface area contributed by atoms with Gasteiger partial charge in [0.2, 0.25) is 10.0 Å². The van der Waals surface area contributed by atoms with Crippen LogP contribution in [-0.4, -0.2) is 57.2 Å². The quantitative estimate of drug-likeness (QED) is 0.407. The van der Waals surface area contributed by atoms with Gasteiger partial charge < -0.3 is 9.47 Å². The van der Waals surface area contributed by atoms with Gasteiger partial charge in [-0.1, -0.05) is 6.92 Å². The summed E-state index contributed by atoms with van der Waals surface area (Å²) in [4.78, 5) is 7.25. The number of aryl methyl sites for hydroxylation is 1. The van der Waals surface area contributed by atoms with E-state index in [2.05, 4.69) is 21.9 Å². The molecule has 2 fully saturated rings. The molecule has 1 aromatic carbocycles. The first kappa shape index (κ1) is 22.2. The van der Waals surface area contributed by atoms with Crippen molar-refractivity contribution < 1.29 is 12.8 Å². The minimum Gasteiger partial charge on any atom is -0.367 e. The first-order valence-corrected chi connectivity index (χ1v) is 13.4. The van der Waals surface area contributed by atoms with Crippen LogP contribution >= 0.6 is 0 Å². The molecule has 0 radical (unpaired) electrons. The van der Waals surface area contributed by atoms with Gasteiger partial charge in [0.15, 0.2) is 5.65 Å². The molecule has 0 bridgehead atoms.